The van der Waals surface area contributed by atoms with E-state index in [-0.39, 0.29) is 17.7 Å². The summed E-state index contributed by atoms with van der Waals surface area (Å²) in [7, 11) is 3.34. The van der Waals surface area contributed by atoms with Crippen molar-refractivity contribution >= 4 is 11.9 Å². The number of carbonyl (C=O) groups is 2. The van der Waals surface area contributed by atoms with Crippen LogP contribution in [0, 0.1) is 11.8 Å². The van der Waals surface area contributed by atoms with Crippen LogP contribution in [0.3, 0.4) is 0 Å². The van der Waals surface area contributed by atoms with Crippen molar-refractivity contribution in [2.24, 2.45) is 11.8 Å². The van der Waals surface area contributed by atoms with Gasteiger partial charge in [-0.1, -0.05) is 6.42 Å². The quantitative estimate of drug-likeness (QED) is 0.781. The molecule has 1 fully saturated rings. The van der Waals surface area contributed by atoms with E-state index < -0.39 is 5.97 Å². The summed E-state index contributed by atoms with van der Waals surface area (Å²) in [5.74, 6) is -1.21. The van der Waals surface area contributed by atoms with Crippen molar-refractivity contribution in [3.63, 3.8) is 0 Å². The molecule has 1 N–H and O–H groups in total. The fraction of sp³-hybridized carbons (Fsp3) is 0.833. The summed E-state index contributed by atoms with van der Waals surface area (Å²) in [6, 6.07) is 0. The highest BCUT2D eigenvalue weighted by Gasteiger charge is 2.32. The van der Waals surface area contributed by atoms with Crippen LogP contribution in [0.25, 0.3) is 0 Å². The van der Waals surface area contributed by atoms with Crippen LogP contribution in [-0.2, 0) is 14.3 Å². The molecule has 0 bridgehead atoms. The first kappa shape index (κ1) is 14.0. The van der Waals surface area contributed by atoms with E-state index in [4.69, 9.17) is 9.84 Å². The second kappa shape index (κ2) is 6.59. The lowest BCUT2D eigenvalue weighted by Gasteiger charge is -2.29. The van der Waals surface area contributed by atoms with E-state index in [9.17, 15) is 9.59 Å². The molecular weight excluding hydrogens is 222 g/mol. The monoisotopic (exact) mass is 243 g/mol. The second-order valence-corrected chi connectivity index (χ2v) is 4.65. The Hall–Kier alpha value is -1.10. The molecule has 1 rings (SSSR count). The van der Waals surface area contributed by atoms with Crippen molar-refractivity contribution in [3.8, 4) is 0 Å². The molecule has 0 aromatic heterocycles. The maximum Gasteiger partial charge on any atom is 0.306 e. The van der Waals surface area contributed by atoms with E-state index >= 15 is 0 Å². The minimum Gasteiger partial charge on any atom is -0.481 e. The highest BCUT2D eigenvalue weighted by molar-refractivity contribution is 5.80. The summed E-state index contributed by atoms with van der Waals surface area (Å²) in [5.41, 5.74) is 0. The number of aliphatic carboxylic acids is 1. The minimum atomic E-state index is -0.776. The summed E-state index contributed by atoms with van der Waals surface area (Å²) in [6.07, 6.45) is 2.80. The van der Waals surface area contributed by atoms with E-state index in [1.807, 2.05) is 0 Å². The summed E-state index contributed by atoms with van der Waals surface area (Å²) in [6.45, 7) is 1.07. The third-order valence-electron chi connectivity index (χ3n) is 3.38. The van der Waals surface area contributed by atoms with Crippen LogP contribution < -0.4 is 0 Å². The van der Waals surface area contributed by atoms with Gasteiger partial charge in [-0.25, -0.2) is 0 Å². The fourth-order valence-electron chi connectivity index (χ4n) is 2.29. The Labute approximate surface area is 102 Å². The van der Waals surface area contributed by atoms with Gasteiger partial charge in [0.25, 0.3) is 0 Å². The minimum absolute atomic E-state index is 0.0491. The zero-order valence-electron chi connectivity index (χ0n) is 10.5. The molecule has 0 aromatic rings. The highest BCUT2D eigenvalue weighted by atomic mass is 16.5. The molecule has 0 aromatic carbocycles. The third kappa shape index (κ3) is 4.00. The molecule has 17 heavy (non-hydrogen) atoms. The average Bonchev–Trinajstić information content (AvgIpc) is 2.35. The van der Waals surface area contributed by atoms with Gasteiger partial charge in [0.15, 0.2) is 0 Å². The predicted octanol–water partition coefficient (Wildman–Crippen LogP) is 0.982. The second-order valence-electron chi connectivity index (χ2n) is 4.65. The number of carboxylic acid groups (broad SMARTS) is 1. The molecule has 1 amide bonds. The van der Waals surface area contributed by atoms with Crippen LogP contribution in [0.4, 0.5) is 0 Å². The molecule has 98 valence electrons. The van der Waals surface area contributed by atoms with E-state index in [0.717, 1.165) is 12.8 Å². The van der Waals surface area contributed by atoms with E-state index in [0.29, 0.717) is 26.0 Å². The van der Waals surface area contributed by atoms with Crippen LogP contribution in [-0.4, -0.2) is 49.2 Å². The first-order valence-electron chi connectivity index (χ1n) is 6.03. The number of nitrogens with zero attached hydrogens (tertiary/aromatic N) is 1. The molecule has 0 spiro atoms. The molecule has 5 nitrogen and oxygen atoms in total. The van der Waals surface area contributed by atoms with Gasteiger partial charge in [0.05, 0.1) is 12.5 Å². The van der Waals surface area contributed by atoms with Crippen molar-refractivity contribution in [2.45, 2.75) is 25.7 Å². The number of hydrogen-bond acceptors (Lipinski definition) is 3. The maximum atomic E-state index is 12.0. The van der Waals surface area contributed by atoms with E-state index in [1.54, 1.807) is 19.1 Å². The molecule has 0 heterocycles. The first-order valence-corrected chi connectivity index (χ1v) is 6.03. The topological polar surface area (TPSA) is 66.8 Å². The molecule has 0 aliphatic heterocycles. The summed E-state index contributed by atoms with van der Waals surface area (Å²) < 4.78 is 4.92. The number of rotatable bonds is 5. The lowest BCUT2D eigenvalue weighted by Crippen LogP contribution is -2.38. The Bertz CT molecular complexity index is 280. The van der Waals surface area contributed by atoms with Crippen LogP contribution in [0.5, 0.6) is 0 Å². The lowest BCUT2D eigenvalue weighted by molar-refractivity contribution is -0.145. The number of hydrogen-bond donors (Lipinski definition) is 1. The zero-order valence-corrected chi connectivity index (χ0v) is 10.5. The van der Waals surface area contributed by atoms with Crippen LogP contribution in [0.2, 0.25) is 0 Å². The van der Waals surface area contributed by atoms with Gasteiger partial charge in [-0.05, 0) is 19.3 Å². The highest BCUT2D eigenvalue weighted by Crippen LogP contribution is 2.30. The number of amides is 1. The molecule has 1 saturated carbocycles. The van der Waals surface area contributed by atoms with Gasteiger partial charge in [0, 0.05) is 26.6 Å². The average molecular weight is 243 g/mol. The predicted molar refractivity (Wildman–Crippen MR) is 62.6 cm³/mol. The Balaban J connectivity index is 2.48. The molecular formula is C12H21NO4. The number of carboxylic acids is 1. The number of likely N-dealkylation sites (N-methyl/N-ethyl adjacent to an activating group) is 1. The van der Waals surface area contributed by atoms with Gasteiger partial charge in [0.2, 0.25) is 5.91 Å². The summed E-state index contributed by atoms with van der Waals surface area (Å²) in [5, 5.41) is 8.97. The van der Waals surface area contributed by atoms with Crippen molar-refractivity contribution in [1.82, 2.24) is 4.90 Å². The van der Waals surface area contributed by atoms with Crippen LogP contribution in [0.15, 0.2) is 0 Å². The fourth-order valence-corrected chi connectivity index (χ4v) is 2.29. The Morgan fingerprint density at radius 3 is 2.59 bits per heavy atom. The third-order valence-corrected chi connectivity index (χ3v) is 3.38. The summed E-state index contributed by atoms with van der Waals surface area (Å²) in [4.78, 5) is 24.6. The Kier molecular flexibility index (Phi) is 5.41. The Morgan fingerprint density at radius 2 is 2.00 bits per heavy atom. The SMILES string of the molecule is COCCN(C)C(=O)C1CCCC(C(=O)O)C1. The van der Waals surface area contributed by atoms with Gasteiger partial charge in [-0.3, -0.25) is 9.59 Å². The number of carbonyl (C=O) groups excluding carboxylic acids is 1. The normalized spacial score (nSPS) is 24.4. The van der Waals surface area contributed by atoms with Gasteiger partial charge >= 0.3 is 5.97 Å². The molecule has 2 unspecified atom stereocenters. The largest absolute Gasteiger partial charge is 0.481 e. The Morgan fingerprint density at radius 1 is 1.35 bits per heavy atom. The number of ether oxygens (including phenoxy) is 1. The van der Waals surface area contributed by atoms with Gasteiger partial charge in [-0.2, -0.15) is 0 Å². The lowest BCUT2D eigenvalue weighted by atomic mass is 9.81. The molecule has 5 heteroatoms. The molecule has 1 aliphatic rings. The van der Waals surface area contributed by atoms with Crippen LogP contribution >= 0.6 is 0 Å². The molecule has 1 aliphatic carbocycles. The van der Waals surface area contributed by atoms with E-state index in [1.165, 1.54) is 0 Å². The summed E-state index contributed by atoms with van der Waals surface area (Å²) >= 11 is 0. The molecule has 0 radical (unpaired) electrons. The maximum absolute atomic E-state index is 12.0. The van der Waals surface area contributed by atoms with Gasteiger partial charge in [-0.15, -0.1) is 0 Å². The smallest absolute Gasteiger partial charge is 0.306 e. The van der Waals surface area contributed by atoms with Gasteiger partial charge < -0.3 is 14.7 Å². The van der Waals surface area contributed by atoms with Crippen molar-refractivity contribution < 1.29 is 19.4 Å². The van der Waals surface area contributed by atoms with E-state index in [2.05, 4.69) is 0 Å². The first-order chi connectivity index (χ1) is 8.06. The van der Waals surface area contributed by atoms with Crippen LogP contribution in [0.1, 0.15) is 25.7 Å². The number of methoxy groups -OCH3 is 1. The standard InChI is InChI=1S/C12H21NO4/c1-13(6-7-17-2)11(14)9-4-3-5-10(8-9)12(15)16/h9-10H,3-8H2,1-2H3,(H,15,16). The zero-order chi connectivity index (χ0) is 12.8. The van der Waals surface area contributed by atoms with Crippen molar-refractivity contribution in [1.29, 1.82) is 0 Å². The van der Waals surface area contributed by atoms with Crippen molar-refractivity contribution in [3.05, 3.63) is 0 Å². The van der Waals surface area contributed by atoms with Crippen molar-refractivity contribution in [2.75, 3.05) is 27.3 Å². The molecule has 2 atom stereocenters. The molecule has 0 saturated heterocycles. The van der Waals surface area contributed by atoms with Gasteiger partial charge in [0.1, 0.15) is 0 Å².